The van der Waals surface area contributed by atoms with Crippen LogP contribution in [0.25, 0.3) is 0 Å². The predicted molar refractivity (Wildman–Crippen MR) is 270 cm³/mol. The lowest BCUT2D eigenvalue weighted by Crippen LogP contribution is -2.30. The summed E-state index contributed by atoms with van der Waals surface area (Å²) < 4.78 is 16.8. The Morgan fingerprint density at radius 2 is 0.619 bits per heavy atom. The van der Waals surface area contributed by atoms with Crippen molar-refractivity contribution >= 4 is 17.9 Å². The SMILES string of the molecule is CC/C=C\C/C=C\C/C=C\CCCCCC(=O)OCC(COC(=O)CCCCCCCCC/C=C\C/C=C\CCCCCC)OC(=O)CCCCCCCCCCCCCCCC. The smallest absolute Gasteiger partial charge is 0.306 e. The molecular weight excluding hydrogens is 781 g/mol. The summed E-state index contributed by atoms with van der Waals surface area (Å²) in [6, 6.07) is 0. The quantitative estimate of drug-likeness (QED) is 0.0262. The highest BCUT2D eigenvalue weighted by molar-refractivity contribution is 5.71. The second-order valence-corrected chi connectivity index (χ2v) is 17.8. The van der Waals surface area contributed by atoms with Crippen LogP contribution in [0.2, 0.25) is 0 Å². The van der Waals surface area contributed by atoms with Crippen LogP contribution in [0.1, 0.15) is 265 Å². The molecule has 0 bridgehead atoms. The van der Waals surface area contributed by atoms with Crippen LogP contribution in [0.15, 0.2) is 60.8 Å². The largest absolute Gasteiger partial charge is 0.462 e. The standard InChI is InChI=1S/C57H100O6/c1-4-7-10-13-16-19-22-25-27-28-29-30-33-35-38-41-44-47-50-56(59)62-53-54(52-61-55(58)49-46-43-40-37-34-31-24-21-18-15-12-9-6-3)63-57(60)51-48-45-42-39-36-32-26-23-20-17-14-11-8-5-2/h9,12,18-19,21-22,27-28,31,34,54H,4-8,10-11,13-17,20,23-26,29-30,32-33,35-53H2,1-3H3/b12-9-,21-18-,22-19-,28-27-,34-31-. The van der Waals surface area contributed by atoms with Gasteiger partial charge in [-0.05, 0) is 83.5 Å². The minimum Gasteiger partial charge on any atom is -0.462 e. The Morgan fingerprint density at radius 1 is 0.333 bits per heavy atom. The summed E-state index contributed by atoms with van der Waals surface area (Å²) in [5.74, 6) is -0.916. The Hall–Kier alpha value is -2.89. The fourth-order valence-electron chi connectivity index (χ4n) is 7.49. The highest BCUT2D eigenvalue weighted by Gasteiger charge is 2.19. The molecule has 0 heterocycles. The molecule has 6 nitrogen and oxygen atoms in total. The second-order valence-electron chi connectivity index (χ2n) is 17.8. The van der Waals surface area contributed by atoms with Crippen LogP contribution in [0.4, 0.5) is 0 Å². The van der Waals surface area contributed by atoms with E-state index in [2.05, 4.69) is 81.5 Å². The van der Waals surface area contributed by atoms with Gasteiger partial charge in [-0.2, -0.15) is 0 Å². The molecule has 0 spiro atoms. The van der Waals surface area contributed by atoms with Crippen molar-refractivity contribution in [3.05, 3.63) is 60.8 Å². The molecule has 0 radical (unpaired) electrons. The molecule has 0 aromatic carbocycles. The molecular formula is C57H100O6. The molecule has 63 heavy (non-hydrogen) atoms. The van der Waals surface area contributed by atoms with Crippen LogP contribution in [0.5, 0.6) is 0 Å². The van der Waals surface area contributed by atoms with Crippen LogP contribution in [0, 0.1) is 0 Å². The Labute approximate surface area is 390 Å². The maximum Gasteiger partial charge on any atom is 0.306 e. The van der Waals surface area contributed by atoms with Crippen molar-refractivity contribution in [3.63, 3.8) is 0 Å². The molecule has 0 aromatic rings. The van der Waals surface area contributed by atoms with E-state index in [-0.39, 0.29) is 31.1 Å². The number of hydrogen-bond acceptors (Lipinski definition) is 6. The third kappa shape index (κ3) is 50.0. The van der Waals surface area contributed by atoms with Crippen molar-refractivity contribution in [2.75, 3.05) is 13.2 Å². The lowest BCUT2D eigenvalue weighted by atomic mass is 10.0. The molecule has 0 fully saturated rings. The van der Waals surface area contributed by atoms with Crippen LogP contribution in [-0.4, -0.2) is 37.2 Å². The summed E-state index contributed by atoms with van der Waals surface area (Å²) in [6.07, 6.45) is 63.5. The Kier molecular flexibility index (Phi) is 49.4. The van der Waals surface area contributed by atoms with Crippen LogP contribution >= 0.6 is 0 Å². The fourth-order valence-corrected chi connectivity index (χ4v) is 7.49. The lowest BCUT2D eigenvalue weighted by Gasteiger charge is -2.18. The first-order valence-electron chi connectivity index (χ1n) is 26.8. The van der Waals surface area contributed by atoms with E-state index < -0.39 is 6.10 Å². The van der Waals surface area contributed by atoms with E-state index in [1.807, 2.05) is 0 Å². The Balaban J connectivity index is 4.39. The van der Waals surface area contributed by atoms with Gasteiger partial charge in [-0.15, -0.1) is 0 Å². The van der Waals surface area contributed by atoms with Crippen LogP contribution in [0.3, 0.4) is 0 Å². The minimum absolute atomic E-state index is 0.0860. The number of carbonyl (C=O) groups is 3. The molecule has 0 aliphatic rings. The molecule has 0 aliphatic carbocycles. The van der Waals surface area contributed by atoms with Gasteiger partial charge in [0.25, 0.3) is 0 Å². The van der Waals surface area contributed by atoms with Crippen LogP contribution in [-0.2, 0) is 28.6 Å². The van der Waals surface area contributed by atoms with Gasteiger partial charge < -0.3 is 14.2 Å². The number of hydrogen-bond donors (Lipinski definition) is 0. The predicted octanol–water partition coefficient (Wildman–Crippen LogP) is 17.6. The summed E-state index contributed by atoms with van der Waals surface area (Å²) in [7, 11) is 0. The molecule has 0 aliphatic heterocycles. The zero-order valence-corrected chi connectivity index (χ0v) is 41.6. The third-order valence-corrected chi connectivity index (χ3v) is 11.5. The highest BCUT2D eigenvalue weighted by atomic mass is 16.6. The molecule has 0 rings (SSSR count). The average Bonchev–Trinajstić information content (AvgIpc) is 3.28. The van der Waals surface area contributed by atoms with Gasteiger partial charge in [0.1, 0.15) is 13.2 Å². The van der Waals surface area contributed by atoms with Crippen molar-refractivity contribution in [2.24, 2.45) is 0 Å². The van der Waals surface area contributed by atoms with E-state index in [0.29, 0.717) is 19.3 Å². The van der Waals surface area contributed by atoms with Crippen molar-refractivity contribution in [1.29, 1.82) is 0 Å². The fraction of sp³-hybridized carbons (Fsp3) is 0.772. The number of carbonyl (C=O) groups excluding carboxylic acids is 3. The molecule has 0 saturated heterocycles. The Bertz CT molecular complexity index is 1150. The lowest BCUT2D eigenvalue weighted by molar-refractivity contribution is -0.167. The average molecular weight is 881 g/mol. The van der Waals surface area contributed by atoms with Crippen molar-refractivity contribution < 1.29 is 28.6 Å². The third-order valence-electron chi connectivity index (χ3n) is 11.5. The molecule has 1 unspecified atom stereocenters. The molecule has 6 heteroatoms. The summed E-state index contributed by atoms with van der Waals surface area (Å²) in [4.78, 5) is 38.0. The van der Waals surface area contributed by atoms with E-state index in [1.165, 1.54) is 128 Å². The topological polar surface area (TPSA) is 78.9 Å². The normalized spacial score (nSPS) is 12.5. The van der Waals surface area contributed by atoms with Crippen molar-refractivity contribution in [2.45, 2.75) is 271 Å². The monoisotopic (exact) mass is 881 g/mol. The second kappa shape index (κ2) is 51.7. The number of unbranched alkanes of at least 4 members (excludes halogenated alkanes) is 27. The van der Waals surface area contributed by atoms with E-state index in [1.54, 1.807) is 0 Å². The number of allylic oxidation sites excluding steroid dienone is 10. The summed E-state index contributed by atoms with van der Waals surface area (Å²) in [5.41, 5.74) is 0. The first kappa shape index (κ1) is 60.1. The van der Waals surface area contributed by atoms with Gasteiger partial charge in [-0.25, -0.2) is 0 Å². The molecule has 0 amide bonds. The Morgan fingerprint density at radius 3 is 1.00 bits per heavy atom. The maximum absolute atomic E-state index is 12.8. The van der Waals surface area contributed by atoms with E-state index >= 15 is 0 Å². The zero-order valence-electron chi connectivity index (χ0n) is 41.6. The van der Waals surface area contributed by atoms with Gasteiger partial charge >= 0.3 is 17.9 Å². The highest BCUT2D eigenvalue weighted by Crippen LogP contribution is 2.15. The number of rotatable bonds is 48. The summed E-state index contributed by atoms with van der Waals surface area (Å²) in [6.45, 7) is 6.49. The van der Waals surface area contributed by atoms with E-state index in [9.17, 15) is 14.4 Å². The van der Waals surface area contributed by atoms with Gasteiger partial charge in [0.05, 0.1) is 0 Å². The summed E-state index contributed by atoms with van der Waals surface area (Å²) in [5, 5.41) is 0. The first-order valence-corrected chi connectivity index (χ1v) is 26.8. The van der Waals surface area contributed by atoms with Gasteiger partial charge in [-0.1, -0.05) is 223 Å². The molecule has 0 N–H and O–H groups in total. The van der Waals surface area contributed by atoms with Gasteiger partial charge in [0.15, 0.2) is 6.10 Å². The van der Waals surface area contributed by atoms with Gasteiger partial charge in [-0.3, -0.25) is 14.4 Å². The summed E-state index contributed by atoms with van der Waals surface area (Å²) >= 11 is 0. The van der Waals surface area contributed by atoms with Gasteiger partial charge in [0.2, 0.25) is 0 Å². The first-order chi connectivity index (χ1) is 31.0. The number of esters is 3. The van der Waals surface area contributed by atoms with E-state index in [4.69, 9.17) is 14.2 Å². The molecule has 0 saturated carbocycles. The van der Waals surface area contributed by atoms with Gasteiger partial charge in [0, 0.05) is 19.3 Å². The zero-order chi connectivity index (χ0) is 45.8. The number of ether oxygens (including phenoxy) is 3. The minimum atomic E-state index is -0.787. The van der Waals surface area contributed by atoms with E-state index in [0.717, 1.165) is 96.3 Å². The molecule has 364 valence electrons. The molecule has 1 atom stereocenters. The maximum atomic E-state index is 12.8. The molecule has 0 aromatic heterocycles. The van der Waals surface area contributed by atoms with Crippen molar-refractivity contribution in [1.82, 2.24) is 0 Å². The van der Waals surface area contributed by atoms with Crippen molar-refractivity contribution in [3.8, 4) is 0 Å². The van der Waals surface area contributed by atoms with Crippen LogP contribution < -0.4 is 0 Å².